The monoisotopic (exact) mass is 309 g/mol. The number of imidazole rings is 1. The predicted octanol–water partition coefficient (Wildman–Crippen LogP) is 2.55. The van der Waals surface area contributed by atoms with E-state index < -0.39 is 0 Å². The van der Waals surface area contributed by atoms with Crippen LogP contribution in [-0.4, -0.2) is 30.2 Å². The Morgan fingerprint density at radius 1 is 1.33 bits per heavy atom. The van der Waals surface area contributed by atoms with Crippen LogP contribution in [0.5, 0.6) is 0 Å². The molecule has 1 aromatic heterocycles. The lowest BCUT2D eigenvalue weighted by molar-refractivity contribution is -0.0453. The van der Waals surface area contributed by atoms with E-state index in [4.69, 9.17) is 9.72 Å². The maximum atomic E-state index is 5.78. The average Bonchev–Trinajstić information content (AvgIpc) is 2.83. The molecular formula is C13H16BrN3O. The van der Waals surface area contributed by atoms with E-state index in [1.807, 2.05) is 12.1 Å². The van der Waals surface area contributed by atoms with Crippen LogP contribution in [0.25, 0.3) is 11.0 Å². The van der Waals surface area contributed by atoms with Crippen molar-refractivity contribution >= 4 is 27.0 Å². The van der Waals surface area contributed by atoms with Crippen molar-refractivity contribution < 1.29 is 4.74 Å². The number of hydrogen-bond acceptors (Lipinski definition) is 3. The van der Waals surface area contributed by atoms with Gasteiger partial charge in [-0.2, -0.15) is 0 Å². The van der Waals surface area contributed by atoms with Crippen molar-refractivity contribution in [1.29, 1.82) is 0 Å². The standard InChI is InChI=1S/C13H16BrN3O/c1-18-13(4-6-15-7-5-13)12-16-10-3-2-9(14)8-11(10)17-12/h2-3,8,15H,4-7H2,1H3,(H,16,17). The zero-order chi connectivity index (χ0) is 12.6. The van der Waals surface area contributed by atoms with Gasteiger partial charge in [0, 0.05) is 11.6 Å². The van der Waals surface area contributed by atoms with Crippen molar-refractivity contribution in [3.05, 3.63) is 28.5 Å². The number of halogens is 1. The number of nitrogens with one attached hydrogen (secondary N) is 2. The molecule has 96 valence electrons. The van der Waals surface area contributed by atoms with Gasteiger partial charge in [0.15, 0.2) is 0 Å². The highest BCUT2D eigenvalue weighted by atomic mass is 79.9. The second kappa shape index (κ2) is 4.64. The summed E-state index contributed by atoms with van der Waals surface area (Å²) in [5, 5.41) is 3.36. The molecule has 1 aromatic carbocycles. The van der Waals surface area contributed by atoms with E-state index in [0.717, 1.165) is 47.3 Å². The summed E-state index contributed by atoms with van der Waals surface area (Å²) >= 11 is 3.48. The molecule has 18 heavy (non-hydrogen) atoms. The van der Waals surface area contributed by atoms with Crippen molar-refractivity contribution in [2.24, 2.45) is 0 Å². The summed E-state index contributed by atoms with van der Waals surface area (Å²) in [6.45, 7) is 1.93. The van der Waals surface area contributed by atoms with Crippen molar-refractivity contribution in [2.45, 2.75) is 18.4 Å². The summed E-state index contributed by atoms with van der Waals surface area (Å²) < 4.78 is 6.84. The lowest BCUT2D eigenvalue weighted by atomic mass is 9.91. The zero-order valence-electron chi connectivity index (χ0n) is 10.3. The topological polar surface area (TPSA) is 49.9 Å². The molecule has 0 radical (unpaired) electrons. The number of H-pyrrole nitrogens is 1. The van der Waals surface area contributed by atoms with Gasteiger partial charge < -0.3 is 15.0 Å². The van der Waals surface area contributed by atoms with Gasteiger partial charge in [-0.3, -0.25) is 0 Å². The number of benzene rings is 1. The van der Waals surface area contributed by atoms with E-state index in [1.165, 1.54) is 0 Å². The lowest BCUT2D eigenvalue weighted by Gasteiger charge is -2.34. The Morgan fingerprint density at radius 2 is 2.11 bits per heavy atom. The Labute approximate surface area is 114 Å². The smallest absolute Gasteiger partial charge is 0.139 e. The normalized spacial score (nSPS) is 19.2. The molecule has 1 fully saturated rings. The molecule has 0 aliphatic carbocycles. The van der Waals surface area contributed by atoms with E-state index in [9.17, 15) is 0 Å². The van der Waals surface area contributed by atoms with Gasteiger partial charge in [0.25, 0.3) is 0 Å². The highest BCUT2D eigenvalue weighted by molar-refractivity contribution is 9.10. The van der Waals surface area contributed by atoms with Gasteiger partial charge in [-0.05, 0) is 44.1 Å². The third kappa shape index (κ3) is 1.96. The first-order chi connectivity index (χ1) is 8.73. The Kier molecular flexibility index (Phi) is 3.13. The van der Waals surface area contributed by atoms with Gasteiger partial charge >= 0.3 is 0 Å². The Balaban J connectivity index is 2.06. The molecule has 2 heterocycles. The minimum Gasteiger partial charge on any atom is -0.370 e. The minimum absolute atomic E-state index is 0.267. The third-order valence-corrected chi connectivity index (χ3v) is 4.17. The summed E-state index contributed by atoms with van der Waals surface area (Å²) in [4.78, 5) is 8.10. The summed E-state index contributed by atoms with van der Waals surface area (Å²) in [5.74, 6) is 0.944. The van der Waals surface area contributed by atoms with E-state index >= 15 is 0 Å². The Morgan fingerprint density at radius 3 is 2.83 bits per heavy atom. The summed E-state index contributed by atoms with van der Waals surface area (Å²) in [5.41, 5.74) is 1.77. The molecule has 1 aliphatic heterocycles. The van der Waals surface area contributed by atoms with Gasteiger partial charge in [-0.15, -0.1) is 0 Å². The van der Waals surface area contributed by atoms with Crippen molar-refractivity contribution in [2.75, 3.05) is 20.2 Å². The van der Waals surface area contributed by atoms with Gasteiger partial charge in [0.2, 0.25) is 0 Å². The molecule has 0 saturated carbocycles. The molecule has 0 spiro atoms. The highest BCUT2D eigenvalue weighted by Crippen LogP contribution is 2.33. The number of fused-ring (bicyclic) bond motifs is 1. The molecule has 1 saturated heterocycles. The fourth-order valence-electron chi connectivity index (χ4n) is 2.57. The fraction of sp³-hybridized carbons (Fsp3) is 0.462. The van der Waals surface area contributed by atoms with Crippen molar-refractivity contribution in [3.63, 3.8) is 0 Å². The van der Waals surface area contributed by atoms with Crippen molar-refractivity contribution in [3.8, 4) is 0 Å². The molecule has 5 heteroatoms. The van der Waals surface area contributed by atoms with Crippen LogP contribution in [0.3, 0.4) is 0 Å². The van der Waals surface area contributed by atoms with Crippen LogP contribution in [0.2, 0.25) is 0 Å². The third-order valence-electron chi connectivity index (χ3n) is 3.68. The fourth-order valence-corrected chi connectivity index (χ4v) is 2.93. The Hall–Kier alpha value is -0.910. The number of nitrogens with zero attached hydrogens (tertiary/aromatic N) is 1. The SMILES string of the molecule is COC1(c2nc3ccc(Br)cc3[nH]2)CCNCC1. The van der Waals surface area contributed by atoms with E-state index in [2.05, 4.69) is 32.3 Å². The largest absolute Gasteiger partial charge is 0.370 e. The molecule has 0 atom stereocenters. The van der Waals surface area contributed by atoms with Crippen LogP contribution in [0.4, 0.5) is 0 Å². The zero-order valence-corrected chi connectivity index (χ0v) is 11.9. The van der Waals surface area contributed by atoms with Crippen LogP contribution in [-0.2, 0) is 10.3 Å². The first-order valence-corrected chi connectivity index (χ1v) is 6.94. The molecule has 4 nitrogen and oxygen atoms in total. The number of ether oxygens (including phenoxy) is 1. The molecular weight excluding hydrogens is 294 g/mol. The van der Waals surface area contributed by atoms with Gasteiger partial charge in [-0.25, -0.2) is 4.98 Å². The molecule has 0 amide bonds. The van der Waals surface area contributed by atoms with E-state index in [0.29, 0.717) is 0 Å². The lowest BCUT2D eigenvalue weighted by Crippen LogP contribution is -2.41. The average molecular weight is 310 g/mol. The number of piperidine rings is 1. The van der Waals surface area contributed by atoms with Crippen LogP contribution in [0, 0.1) is 0 Å². The van der Waals surface area contributed by atoms with Crippen molar-refractivity contribution in [1.82, 2.24) is 15.3 Å². The number of rotatable bonds is 2. The number of aromatic nitrogens is 2. The quantitative estimate of drug-likeness (QED) is 0.896. The number of hydrogen-bond donors (Lipinski definition) is 2. The maximum Gasteiger partial charge on any atom is 0.139 e. The summed E-state index contributed by atoms with van der Waals surface area (Å²) in [7, 11) is 1.77. The van der Waals surface area contributed by atoms with Gasteiger partial charge in [0.1, 0.15) is 11.4 Å². The molecule has 2 aromatic rings. The molecule has 0 bridgehead atoms. The number of aromatic amines is 1. The second-order valence-electron chi connectivity index (χ2n) is 4.70. The first-order valence-electron chi connectivity index (χ1n) is 6.15. The first kappa shape index (κ1) is 12.1. The van der Waals surface area contributed by atoms with Crippen LogP contribution < -0.4 is 5.32 Å². The molecule has 1 aliphatic rings. The predicted molar refractivity (Wildman–Crippen MR) is 74.6 cm³/mol. The molecule has 0 unspecified atom stereocenters. The van der Waals surface area contributed by atoms with Crippen LogP contribution >= 0.6 is 15.9 Å². The second-order valence-corrected chi connectivity index (χ2v) is 5.61. The van der Waals surface area contributed by atoms with Gasteiger partial charge in [0.05, 0.1) is 11.0 Å². The van der Waals surface area contributed by atoms with Crippen LogP contribution in [0.15, 0.2) is 22.7 Å². The number of methoxy groups -OCH3 is 1. The van der Waals surface area contributed by atoms with Crippen LogP contribution in [0.1, 0.15) is 18.7 Å². The van der Waals surface area contributed by atoms with E-state index in [1.54, 1.807) is 7.11 Å². The minimum atomic E-state index is -0.267. The summed E-state index contributed by atoms with van der Waals surface area (Å²) in [6.07, 6.45) is 1.90. The highest BCUT2D eigenvalue weighted by Gasteiger charge is 2.36. The maximum absolute atomic E-state index is 5.78. The van der Waals surface area contributed by atoms with E-state index in [-0.39, 0.29) is 5.60 Å². The Bertz CT molecular complexity index is 560. The van der Waals surface area contributed by atoms with Gasteiger partial charge in [-0.1, -0.05) is 15.9 Å². The molecule has 3 rings (SSSR count). The molecule has 2 N–H and O–H groups in total. The summed E-state index contributed by atoms with van der Waals surface area (Å²) in [6, 6.07) is 6.08.